The smallest absolute Gasteiger partial charge is 0.354 e. The van der Waals surface area contributed by atoms with Crippen LogP contribution >= 0.6 is 0 Å². The number of hydrogen-bond donors (Lipinski definition) is 5. The Kier molecular flexibility index (Phi) is 4.64. The van der Waals surface area contributed by atoms with Crippen LogP contribution in [0.3, 0.4) is 0 Å². The Hall–Kier alpha value is -3.62. The van der Waals surface area contributed by atoms with Crippen LogP contribution in [-0.2, 0) is 11.2 Å². The van der Waals surface area contributed by atoms with Crippen LogP contribution in [0.2, 0.25) is 0 Å². The Labute approximate surface area is 134 Å². The van der Waals surface area contributed by atoms with E-state index in [1.54, 1.807) is 0 Å². The zero-order valence-corrected chi connectivity index (χ0v) is 12.1. The van der Waals surface area contributed by atoms with E-state index in [4.69, 9.17) is 10.2 Å². The molecular weight excluding hydrogens is 320 g/mol. The van der Waals surface area contributed by atoms with Gasteiger partial charge in [0, 0.05) is 5.56 Å². The molecule has 1 heterocycles. The Morgan fingerprint density at radius 1 is 1.04 bits per heavy atom. The fraction of sp³-hybridized carbons (Fsp3) is 0.0667. The highest BCUT2D eigenvalue weighted by Crippen LogP contribution is 2.28. The highest BCUT2D eigenvalue weighted by molar-refractivity contribution is 6.06. The zero-order chi connectivity index (χ0) is 17.9. The Balaban J connectivity index is 2.27. The largest absolute Gasteiger partial charge is 0.508 e. The van der Waals surface area contributed by atoms with E-state index in [0.717, 1.165) is 12.1 Å². The molecule has 0 aliphatic carbocycles. The van der Waals surface area contributed by atoms with Crippen LogP contribution in [-0.4, -0.2) is 43.3 Å². The number of anilines is 1. The second-order valence-corrected chi connectivity index (χ2v) is 4.74. The molecule has 0 aliphatic rings. The van der Waals surface area contributed by atoms with E-state index in [9.17, 15) is 24.6 Å². The molecule has 1 aromatic carbocycles. The summed E-state index contributed by atoms with van der Waals surface area (Å²) in [7, 11) is 0. The first kappa shape index (κ1) is 16.7. The Morgan fingerprint density at radius 3 is 2.38 bits per heavy atom. The molecule has 0 aliphatic heterocycles. The van der Waals surface area contributed by atoms with E-state index in [1.807, 2.05) is 0 Å². The number of hydrogen-bond acceptors (Lipinski definition) is 6. The number of carbonyl (C=O) groups is 3. The molecule has 2 aromatic rings. The van der Waals surface area contributed by atoms with E-state index in [-0.39, 0.29) is 22.6 Å². The maximum Gasteiger partial charge on any atom is 0.354 e. The van der Waals surface area contributed by atoms with Crippen molar-refractivity contribution < 1.29 is 34.8 Å². The second-order valence-electron chi connectivity index (χ2n) is 4.74. The summed E-state index contributed by atoms with van der Waals surface area (Å²) in [4.78, 5) is 37.3. The summed E-state index contributed by atoms with van der Waals surface area (Å²) >= 11 is 0. The number of aromatic carboxylic acids is 1. The number of amides is 1. The van der Waals surface area contributed by atoms with Crippen molar-refractivity contribution in [2.45, 2.75) is 6.42 Å². The number of aromatic hydroxyl groups is 2. The van der Waals surface area contributed by atoms with Crippen molar-refractivity contribution in [3.8, 4) is 11.5 Å². The van der Waals surface area contributed by atoms with Gasteiger partial charge >= 0.3 is 11.9 Å². The van der Waals surface area contributed by atoms with Gasteiger partial charge in [0.2, 0.25) is 0 Å². The molecule has 0 fully saturated rings. The molecule has 9 nitrogen and oxygen atoms in total. The van der Waals surface area contributed by atoms with Crippen molar-refractivity contribution in [2.75, 3.05) is 5.32 Å². The molecule has 0 unspecified atom stereocenters. The molecule has 0 saturated carbocycles. The van der Waals surface area contributed by atoms with E-state index < -0.39 is 35.8 Å². The van der Waals surface area contributed by atoms with E-state index in [2.05, 4.69) is 10.3 Å². The fourth-order valence-electron chi connectivity index (χ4n) is 1.91. The van der Waals surface area contributed by atoms with Crippen molar-refractivity contribution >= 4 is 23.7 Å². The molecule has 1 aromatic heterocycles. The molecule has 24 heavy (non-hydrogen) atoms. The average Bonchev–Trinajstić information content (AvgIpc) is 2.50. The third-order valence-electron chi connectivity index (χ3n) is 2.99. The van der Waals surface area contributed by atoms with Gasteiger partial charge in [-0.3, -0.25) is 9.59 Å². The fourth-order valence-corrected chi connectivity index (χ4v) is 1.91. The van der Waals surface area contributed by atoms with Crippen LogP contribution < -0.4 is 5.32 Å². The molecular formula is C15H12N2O7. The minimum absolute atomic E-state index is 0.0532. The predicted octanol–water partition coefficient (Wildman–Crippen LogP) is 1.07. The third-order valence-corrected chi connectivity index (χ3v) is 2.99. The molecule has 124 valence electrons. The standard InChI is InChI=1S/C15H12N2O7/c18-10-6-8(11(19)4-7(10)5-13(20)21)14(22)17-12-3-1-2-9(16-12)15(23)24/h1-4,6,18-19H,5H2,(H,20,21)(H,23,24)(H,16,17,22). The number of carboxylic acid groups (broad SMARTS) is 2. The third kappa shape index (κ3) is 3.77. The predicted molar refractivity (Wildman–Crippen MR) is 80.3 cm³/mol. The quantitative estimate of drug-likeness (QED) is 0.509. The lowest BCUT2D eigenvalue weighted by molar-refractivity contribution is -0.136. The summed E-state index contributed by atoms with van der Waals surface area (Å²) in [5.41, 5.74) is -0.650. The minimum Gasteiger partial charge on any atom is -0.508 e. The minimum atomic E-state index is -1.27. The summed E-state index contributed by atoms with van der Waals surface area (Å²) in [5.74, 6) is -4.39. The first-order valence-electron chi connectivity index (χ1n) is 6.56. The lowest BCUT2D eigenvalue weighted by Crippen LogP contribution is -2.14. The number of rotatable bonds is 5. The molecule has 0 radical (unpaired) electrons. The first-order chi connectivity index (χ1) is 11.3. The van der Waals surface area contributed by atoms with Crippen molar-refractivity contribution in [3.05, 3.63) is 47.2 Å². The van der Waals surface area contributed by atoms with Gasteiger partial charge in [0.05, 0.1) is 12.0 Å². The second kappa shape index (κ2) is 6.65. The molecule has 2 rings (SSSR count). The van der Waals surface area contributed by atoms with Gasteiger partial charge in [-0.05, 0) is 24.3 Å². The number of phenols is 2. The Bertz CT molecular complexity index is 833. The summed E-state index contributed by atoms with van der Waals surface area (Å²) in [6, 6.07) is 5.85. The van der Waals surface area contributed by atoms with Gasteiger partial charge in [-0.15, -0.1) is 0 Å². The summed E-state index contributed by atoms with van der Waals surface area (Å²) in [6.07, 6.45) is -0.524. The van der Waals surface area contributed by atoms with Crippen LogP contribution in [0.4, 0.5) is 5.82 Å². The van der Waals surface area contributed by atoms with Crippen LogP contribution in [0.1, 0.15) is 26.4 Å². The maximum atomic E-state index is 12.1. The number of carbonyl (C=O) groups excluding carboxylic acids is 1. The van der Waals surface area contributed by atoms with Gasteiger partial charge in [-0.2, -0.15) is 0 Å². The van der Waals surface area contributed by atoms with Crippen molar-refractivity contribution in [2.24, 2.45) is 0 Å². The first-order valence-corrected chi connectivity index (χ1v) is 6.56. The summed E-state index contributed by atoms with van der Waals surface area (Å²) < 4.78 is 0. The summed E-state index contributed by atoms with van der Waals surface area (Å²) in [6.45, 7) is 0. The molecule has 0 spiro atoms. The highest BCUT2D eigenvalue weighted by atomic mass is 16.4. The SMILES string of the molecule is O=C(O)Cc1cc(O)c(C(=O)Nc2cccc(C(=O)O)n2)cc1O. The molecule has 1 amide bonds. The summed E-state index contributed by atoms with van der Waals surface area (Å²) in [5, 5.41) is 39.4. The van der Waals surface area contributed by atoms with Crippen molar-refractivity contribution in [1.82, 2.24) is 4.98 Å². The number of aliphatic carboxylic acids is 1. The van der Waals surface area contributed by atoms with Crippen LogP contribution in [0, 0.1) is 0 Å². The molecule has 0 bridgehead atoms. The maximum absolute atomic E-state index is 12.1. The zero-order valence-electron chi connectivity index (χ0n) is 12.1. The molecule has 0 atom stereocenters. The topological polar surface area (TPSA) is 157 Å². The van der Waals surface area contributed by atoms with Gasteiger partial charge in [0.25, 0.3) is 5.91 Å². The monoisotopic (exact) mass is 332 g/mol. The molecule has 5 N–H and O–H groups in total. The van der Waals surface area contributed by atoms with E-state index >= 15 is 0 Å². The van der Waals surface area contributed by atoms with Crippen molar-refractivity contribution in [1.29, 1.82) is 0 Å². The lowest BCUT2D eigenvalue weighted by Gasteiger charge is -2.09. The normalized spacial score (nSPS) is 10.2. The molecule has 0 saturated heterocycles. The molecule has 9 heteroatoms. The average molecular weight is 332 g/mol. The number of nitrogens with zero attached hydrogens (tertiary/aromatic N) is 1. The van der Waals surface area contributed by atoms with Gasteiger partial charge in [0.15, 0.2) is 5.69 Å². The van der Waals surface area contributed by atoms with Gasteiger partial charge in [-0.1, -0.05) is 6.07 Å². The number of aromatic nitrogens is 1. The van der Waals surface area contributed by atoms with Crippen LogP contribution in [0.15, 0.2) is 30.3 Å². The number of benzene rings is 1. The van der Waals surface area contributed by atoms with E-state index in [0.29, 0.717) is 0 Å². The van der Waals surface area contributed by atoms with E-state index in [1.165, 1.54) is 18.2 Å². The van der Waals surface area contributed by atoms with Gasteiger partial charge in [0.1, 0.15) is 17.3 Å². The van der Waals surface area contributed by atoms with Gasteiger partial charge in [-0.25, -0.2) is 9.78 Å². The highest BCUT2D eigenvalue weighted by Gasteiger charge is 2.17. The van der Waals surface area contributed by atoms with Gasteiger partial charge < -0.3 is 25.7 Å². The Morgan fingerprint density at radius 2 is 1.75 bits per heavy atom. The number of carboxylic acids is 2. The number of phenolic OH excluding ortho intramolecular Hbond substituents is 2. The lowest BCUT2D eigenvalue weighted by atomic mass is 10.1. The number of pyridine rings is 1. The van der Waals surface area contributed by atoms with Crippen molar-refractivity contribution in [3.63, 3.8) is 0 Å². The number of nitrogens with one attached hydrogen (secondary N) is 1. The van der Waals surface area contributed by atoms with Crippen LogP contribution in [0.25, 0.3) is 0 Å². The van der Waals surface area contributed by atoms with Crippen LogP contribution in [0.5, 0.6) is 11.5 Å².